The average Bonchev–Trinajstić information content (AvgIpc) is 3.04. The minimum Gasteiger partial charge on any atom is -0.436 e. The first-order chi connectivity index (χ1) is 13.8. The highest BCUT2D eigenvalue weighted by molar-refractivity contribution is 5.95. The first-order valence-corrected chi connectivity index (χ1v) is 9.91. The van der Waals surface area contributed by atoms with Gasteiger partial charge in [0.1, 0.15) is 5.52 Å². The molecule has 6 nitrogen and oxygen atoms in total. The van der Waals surface area contributed by atoms with Gasteiger partial charge in [-0.25, -0.2) is 4.98 Å². The van der Waals surface area contributed by atoms with Gasteiger partial charge in [0.2, 0.25) is 17.7 Å². The Kier molecular flexibility index (Phi) is 6.32. The van der Waals surface area contributed by atoms with Crippen molar-refractivity contribution in [1.29, 1.82) is 0 Å². The maximum atomic E-state index is 12.3. The summed E-state index contributed by atoms with van der Waals surface area (Å²) in [5, 5.41) is 5.82. The van der Waals surface area contributed by atoms with E-state index in [1.54, 1.807) is 18.2 Å². The van der Waals surface area contributed by atoms with Crippen molar-refractivity contribution in [2.45, 2.75) is 40.5 Å². The van der Waals surface area contributed by atoms with Gasteiger partial charge in [0, 0.05) is 29.8 Å². The Morgan fingerprint density at radius 3 is 1.97 bits per heavy atom. The van der Waals surface area contributed by atoms with Gasteiger partial charge >= 0.3 is 0 Å². The van der Waals surface area contributed by atoms with Gasteiger partial charge in [-0.05, 0) is 42.2 Å². The zero-order chi connectivity index (χ0) is 21.0. The van der Waals surface area contributed by atoms with Crippen LogP contribution < -0.4 is 10.6 Å². The topological polar surface area (TPSA) is 84.2 Å². The Balaban J connectivity index is 1.95. The molecule has 0 unspecified atom stereocenters. The average molecular weight is 393 g/mol. The molecule has 0 bridgehead atoms. The third-order valence-electron chi connectivity index (χ3n) is 4.23. The molecule has 6 heteroatoms. The molecule has 3 aromatic rings. The number of anilines is 2. The number of carbonyl (C=O) groups excluding carboxylic acids is 2. The number of nitrogens with zero attached hydrogens (tertiary/aromatic N) is 1. The summed E-state index contributed by atoms with van der Waals surface area (Å²) in [7, 11) is 0. The summed E-state index contributed by atoms with van der Waals surface area (Å²) in [5.41, 5.74) is 3.30. The SMILES string of the molecule is CC(C)CC(=O)Nc1cc(NC(=O)CC(C)C)cc(-c2nc3ccccc3o2)c1. The zero-order valence-corrected chi connectivity index (χ0v) is 17.3. The molecule has 3 rings (SSSR count). The van der Waals surface area contributed by atoms with E-state index in [1.807, 2.05) is 52.0 Å². The molecule has 0 saturated heterocycles. The number of amides is 2. The first-order valence-electron chi connectivity index (χ1n) is 9.91. The number of rotatable bonds is 7. The van der Waals surface area contributed by atoms with Gasteiger partial charge in [0.15, 0.2) is 5.58 Å². The summed E-state index contributed by atoms with van der Waals surface area (Å²) in [5.74, 6) is 0.787. The van der Waals surface area contributed by atoms with Crippen LogP contribution in [0.25, 0.3) is 22.6 Å². The minimum absolute atomic E-state index is 0.0748. The summed E-state index contributed by atoms with van der Waals surface area (Å²) in [4.78, 5) is 29.0. The molecule has 0 radical (unpaired) electrons. The van der Waals surface area contributed by atoms with Gasteiger partial charge in [-0.3, -0.25) is 9.59 Å². The number of fused-ring (bicyclic) bond motifs is 1. The van der Waals surface area contributed by atoms with Crippen LogP contribution in [0.4, 0.5) is 11.4 Å². The fourth-order valence-electron chi connectivity index (χ4n) is 3.06. The van der Waals surface area contributed by atoms with E-state index in [0.29, 0.717) is 41.3 Å². The predicted molar refractivity (Wildman–Crippen MR) is 116 cm³/mol. The van der Waals surface area contributed by atoms with Crippen LogP contribution in [0.15, 0.2) is 46.9 Å². The quantitative estimate of drug-likeness (QED) is 0.558. The molecule has 1 aromatic heterocycles. The Morgan fingerprint density at radius 2 is 1.45 bits per heavy atom. The van der Waals surface area contributed by atoms with Gasteiger partial charge in [-0.2, -0.15) is 0 Å². The second-order valence-electron chi connectivity index (χ2n) is 8.08. The van der Waals surface area contributed by atoms with Crippen molar-refractivity contribution in [2.24, 2.45) is 11.8 Å². The van der Waals surface area contributed by atoms with Crippen LogP contribution in [0.3, 0.4) is 0 Å². The van der Waals surface area contributed by atoms with Crippen molar-refractivity contribution in [3.63, 3.8) is 0 Å². The maximum absolute atomic E-state index is 12.3. The third-order valence-corrected chi connectivity index (χ3v) is 4.23. The van der Waals surface area contributed by atoms with Crippen molar-refractivity contribution < 1.29 is 14.0 Å². The van der Waals surface area contributed by atoms with Crippen molar-refractivity contribution in [3.8, 4) is 11.5 Å². The summed E-state index contributed by atoms with van der Waals surface area (Å²) in [6, 6.07) is 12.9. The molecule has 0 atom stereocenters. The van der Waals surface area contributed by atoms with Crippen LogP contribution in [0.1, 0.15) is 40.5 Å². The Hall–Kier alpha value is -3.15. The van der Waals surface area contributed by atoms with Gasteiger partial charge < -0.3 is 15.1 Å². The highest BCUT2D eigenvalue weighted by Crippen LogP contribution is 2.30. The summed E-state index contributed by atoms with van der Waals surface area (Å²) in [6.07, 6.45) is 0.838. The highest BCUT2D eigenvalue weighted by atomic mass is 16.3. The molecule has 2 aromatic carbocycles. The number of para-hydroxylation sites is 2. The van der Waals surface area contributed by atoms with Crippen LogP contribution >= 0.6 is 0 Å². The molecule has 0 spiro atoms. The maximum Gasteiger partial charge on any atom is 0.227 e. The molecule has 0 saturated carbocycles. The second-order valence-corrected chi connectivity index (χ2v) is 8.08. The number of benzene rings is 2. The number of hydrogen-bond donors (Lipinski definition) is 2. The largest absolute Gasteiger partial charge is 0.436 e. The molecule has 0 aliphatic heterocycles. The molecule has 152 valence electrons. The molecule has 0 fully saturated rings. The summed E-state index contributed by atoms with van der Waals surface area (Å²) >= 11 is 0. The van der Waals surface area contributed by atoms with Crippen LogP contribution in [0.5, 0.6) is 0 Å². The lowest BCUT2D eigenvalue weighted by atomic mass is 10.1. The molecule has 1 heterocycles. The molecule has 0 aliphatic carbocycles. The van der Waals surface area contributed by atoms with Crippen molar-refractivity contribution in [2.75, 3.05) is 10.6 Å². The Bertz CT molecular complexity index is 946. The lowest BCUT2D eigenvalue weighted by molar-refractivity contribution is -0.117. The molecule has 2 amide bonds. The number of nitrogens with one attached hydrogen (secondary N) is 2. The second kappa shape index (κ2) is 8.90. The van der Waals surface area contributed by atoms with Crippen molar-refractivity contribution in [3.05, 3.63) is 42.5 Å². The van der Waals surface area contributed by atoms with Crippen molar-refractivity contribution in [1.82, 2.24) is 4.98 Å². The molecular weight excluding hydrogens is 366 g/mol. The van der Waals surface area contributed by atoms with Crippen LogP contribution in [0.2, 0.25) is 0 Å². The summed E-state index contributed by atoms with van der Waals surface area (Å²) in [6.45, 7) is 7.97. The van der Waals surface area contributed by atoms with E-state index in [-0.39, 0.29) is 23.7 Å². The molecular formula is C23H27N3O3. The van der Waals surface area contributed by atoms with Gasteiger partial charge in [0.05, 0.1) is 0 Å². The molecule has 2 N–H and O–H groups in total. The number of carbonyl (C=O) groups is 2. The van der Waals surface area contributed by atoms with E-state index in [9.17, 15) is 9.59 Å². The van der Waals surface area contributed by atoms with Crippen LogP contribution in [-0.4, -0.2) is 16.8 Å². The van der Waals surface area contributed by atoms with Crippen LogP contribution in [0, 0.1) is 11.8 Å². The van der Waals surface area contributed by atoms with E-state index < -0.39 is 0 Å². The summed E-state index contributed by atoms with van der Waals surface area (Å²) < 4.78 is 5.87. The van der Waals surface area contributed by atoms with Gasteiger partial charge in [-0.15, -0.1) is 0 Å². The lowest BCUT2D eigenvalue weighted by Gasteiger charge is -2.12. The van der Waals surface area contributed by atoms with E-state index in [1.165, 1.54) is 0 Å². The van der Waals surface area contributed by atoms with E-state index >= 15 is 0 Å². The van der Waals surface area contributed by atoms with Gasteiger partial charge in [-0.1, -0.05) is 39.8 Å². The van der Waals surface area contributed by atoms with E-state index in [4.69, 9.17) is 4.42 Å². The third kappa shape index (κ3) is 5.67. The zero-order valence-electron chi connectivity index (χ0n) is 17.3. The number of oxazole rings is 1. The first kappa shape index (κ1) is 20.6. The standard InChI is InChI=1S/C23H27N3O3/c1-14(2)9-21(27)24-17-11-16(12-18(13-17)25-22(28)10-15(3)4)23-26-19-7-5-6-8-20(19)29-23/h5-8,11-15H,9-10H2,1-4H3,(H,24,27)(H,25,28). The van der Waals surface area contributed by atoms with Crippen molar-refractivity contribution >= 4 is 34.3 Å². The highest BCUT2D eigenvalue weighted by Gasteiger charge is 2.14. The molecule has 29 heavy (non-hydrogen) atoms. The molecule has 0 aliphatic rings. The normalized spacial score (nSPS) is 11.2. The fraction of sp³-hybridized carbons (Fsp3) is 0.348. The van der Waals surface area contributed by atoms with E-state index in [2.05, 4.69) is 15.6 Å². The van der Waals surface area contributed by atoms with E-state index in [0.717, 1.165) is 5.52 Å². The smallest absolute Gasteiger partial charge is 0.227 e. The lowest BCUT2D eigenvalue weighted by Crippen LogP contribution is -2.16. The monoisotopic (exact) mass is 393 g/mol. The number of hydrogen-bond acceptors (Lipinski definition) is 4. The Morgan fingerprint density at radius 1 is 0.897 bits per heavy atom. The fourth-order valence-corrected chi connectivity index (χ4v) is 3.06. The predicted octanol–water partition coefficient (Wildman–Crippen LogP) is 5.46. The van der Waals surface area contributed by atoms with Crippen LogP contribution in [-0.2, 0) is 9.59 Å². The Labute approximate surface area is 170 Å². The minimum atomic E-state index is -0.0748. The van der Waals surface area contributed by atoms with Gasteiger partial charge in [0.25, 0.3) is 0 Å². The number of aromatic nitrogens is 1.